The fourth-order valence-electron chi connectivity index (χ4n) is 7.55. The average molecular weight is 861 g/mol. The van der Waals surface area contributed by atoms with Crippen LogP contribution in [0.1, 0.15) is 216 Å². The Morgan fingerprint density at radius 1 is 0.508 bits per heavy atom. The third-order valence-corrected chi connectivity index (χ3v) is 11.0. The second-order valence-electron chi connectivity index (χ2n) is 16.7. The van der Waals surface area contributed by atoms with Gasteiger partial charge in [-0.25, -0.2) is 0 Å². The molecule has 0 bridgehead atoms. The molecular formula is C65H80. The molecule has 0 fully saturated rings. The molecule has 0 nitrogen and oxygen atoms in total. The largest absolute Gasteiger partial charge is 0.122 e. The Labute approximate surface area is 403 Å². The molecule has 340 valence electrons. The van der Waals surface area contributed by atoms with Crippen molar-refractivity contribution in [3.63, 3.8) is 0 Å². The normalized spacial score (nSPS) is 13.0. The van der Waals surface area contributed by atoms with E-state index in [1.165, 1.54) is 0 Å². The smallest absolute Gasteiger partial charge is 0.120 e. The SMILES string of the molecule is C#CCC#CC(C#CCC)(CC#CC)C(C#CCCC)(CC#CCC)C(C#CC(C)C)(CCCC#C)C(C#CCCCC)(C=C=C(C#CCCCCC)CCCCC#C)CC#CCCC. The number of allylic oxidation sites excluding steroid dienone is 1. The van der Waals surface area contributed by atoms with E-state index in [0.717, 1.165) is 82.6 Å². The Kier molecular flexibility index (Phi) is 34.3. The van der Waals surface area contributed by atoms with Crippen LogP contribution in [0.2, 0.25) is 0 Å². The number of rotatable bonds is 21. The molecule has 4 atom stereocenters. The minimum absolute atomic E-state index is 0.00118. The van der Waals surface area contributed by atoms with E-state index in [-0.39, 0.29) is 12.3 Å². The van der Waals surface area contributed by atoms with Gasteiger partial charge in [0, 0.05) is 82.1 Å². The lowest BCUT2D eigenvalue weighted by Gasteiger charge is -2.57. The van der Waals surface area contributed by atoms with E-state index < -0.39 is 21.7 Å². The molecule has 0 aromatic rings. The molecule has 0 rings (SSSR count). The van der Waals surface area contributed by atoms with Crippen molar-refractivity contribution in [2.45, 2.75) is 216 Å². The summed E-state index contributed by atoms with van der Waals surface area (Å²) in [6.07, 6.45) is 37.5. The molecule has 0 heteroatoms. The maximum absolute atomic E-state index is 6.14. The lowest BCUT2D eigenvalue weighted by atomic mass is 9.40. The standard InChI is InChI=1S/C65H80/c1-13-23-33-37-39-47-61(46-38-34-24-14-2)49-58-63(53-44-35-25-15-3,54-45-36-26-16-4)65(57-43-30-20-8,59-48-60(11)12)64(55-41-28-18-6,56-42-29-19-7)62(50-31-21-9,51-32-22-10)52-40-27-17-5/h2,5,8,58,60H,13,15-16,18-19,21,23-28,30,33-35,37-38,43,46,51,54,56-57H2,1,3-4,6-7,9-12H3. The molecule has 0 spiro atoms. The van der Waals surface area contributed by atoms with E-state index in [9.17, 15) is 0 Å². The molecule has 0 radical (unpaired) electrons. The first kappa shape index (κ1) is 59.2. The highest BCUT2D eigenvalue weighted by Crippen LogP contribution is 2.66. The molecule has 0 aliphatic rings. The molecule has 0 heterocycles. The van der Waals surface area contributed by atoms with E-state index in [1.54, 1.807) is 0 Å². The summed E-state index contributed by atoms with van der Waals surface area (Å²) in [4.78, 5) is 0. The van der Waals surface area contributed by atoms with Crippen molar-refractivity contribution in [1.82, 2.24) is 0 Å². The van der Waals surface area contributed by atoms with Gasteiger partial charge in [-0.3, -0.25) is 0 Å². The Morgan fingerprint density at radius 3 is 1.80 bits per heavy atom. The number of unbranched alkanes of at least 4 members (excludes halogenated alkanes) is 10. The van der Waals surface area contributed by atoms with Crippen molar-refractivity contribution in [3.8, 4) is 144 Å². The molecule has 0 aliphatic heterocycles. The summed E-state index contributed by atoms with van der Waals surface area (Å²) in [5.74, 6) is 74.4. The first-order chi connectivity index (χ1) is 31.6. The topological polar surface area (TPSA) is 0 Å². The van der Waals surface area contributed by atoms with Crippen LogP contribution in [0.3, 0.4) is 0 Å². The number of terminal acetylenes is 3. The zero-order valence-electron chi connectivity index (χ0n) is 42.4. The van der Waals surface area contributed by atoms with E-state index in [2.05, 4.69) is 192 Å². The average Bonchev–Trinajstić information content (AvgIpc) is 3.30. The van der Waals surface area contributed by atoms with Crippen LogP contribution in [0.4, 0.5) is 0 Å². The lowest BCUT2D eigenvalue weighted by molar-refractivity contribution is 0.00340. The van der Waals surface area contributed by atoms with E-state index >= 15 is 0 Å². The molecule has 0 N–H and O–H groups in total. The molecule has 0 aromatic carbocycles. The van der Waals surface area contributed by atoms with Gasteiger partial charge in [0.2, 0.25) is 0 Å². The number of hydrogen-bond donors (Lipinski definition) is 0. The second-order valence-corrected chi connectivity index (χ2v) is 16.7. The summed E-state index contributed by atoms with van der Waals surface area (Å²) < 4.78 is 0. The van der Waals surface area contributed by atoms with Crippen LogP contribution in [-0.4, -0.2) is 0 Å². The van der Waals surface area contributed by atoms with Crippen molar-refractivity contribution in [2.75, 3.05) is 0 Å². The quantitative estimate of drug-likeness (QED) is 0.0613. The fraction of sp³-hybridized carbons (Fsp3) is 0.585. The van der Waals surface area contributed by atoms with Gasteiger partial charge in [0.25, 0.3) is 0 Å². The Morgan fingerprint density at radius 2 is 1.15 bits per heavy atom. The highest BCUT2D eigenvalue weighted by atomic mass is 14.6. The minimum Gasteiger partial charge on any atom is -0.120 e. The van der Waals surface area contributed by atoms with Gasteiger partial charge in [0.05, 0.1) is 22.7 Å². The van der Waals surface area contributed by atoms with E-state index in [4.69, 9.17) is 19.3 Å². The van der Waals surface area contributed by atoms with Crippen LogP contribution >= 0.6 is 0 Å². The Balaban J connectivity index is 10.5. The highest BCUT2D eigenvalue weighted by Gasteiger charge is 2.67. The van der Waals surface area contributed by atoms with Crippen molar-refractivity contribution < 1.29 is 0 Å². The van der Waals surface area contributed by atoms with Crippen LogP contribution in [0, 0.1) is 171 Å². The molecule has 0 saturated carbocycles. The Bertz CT molecular complexity index is 2220. The highest BCUT2D eigenvalue weighted by molar-refractivity contribution is 5.51. The van der Waals surface area contributed by atoms with Crippen LogP contribution in [0.15, 0.2) is 17.4 Å². The molecule has 0 aromatic heterocycles. The van der Waals surface area contributed by atoms with Gasteiger partial charge in [-0.05, 0) is 70.8 Å². The molecular weight excluding hydrogens is 781 g/mol. The minimum atomic E-state index is -1.19. The summed E-state index contributed by atoms with van der Waals surface area (Å²) in [6, 6.07) is 0. The van der Waals surface area contributed by atoms with Crippen LogP contribution in [0.25, 0.3) is 0 Å². The third kappa shape index (κ3) is 20.7. The molecule has 0 amide bonds. The third-order valence-electron chi connectivity index (χ3n) is 11.0. The lowest BCUT2D eigenvalue weighted by Crippen LogP contribution is -2.59. The van der Waals surface area contributed by atoms with Crippen molar-refractivity contribution in [2.24, 2.45) is 27.6 Å². The monoisotopic (exact) mass is 861 g/mol. The molecule has 0 aliphatic carbocycles. The van der Waals surface area contributed by atoms with Gasteiger partial charge in [0.15, 0.2) is 0 Å². The molecule has 0 saturated heterocycles. The predicted octanol–water partition coefficient (Wildman–Crippen LogP) is 15.1. The van der Waals surface area contributed by atoms with Gasteiger partial charge >= 0.3 is 0 Å². The van der Waals surface area contributed by atoms with Crippen LogP contribution < -0.4 is 0 Å². The summed E-state index contributed by atoms with van der Waals surface area (Å²) in [6.45, 7) is 19.0. The van der Waals surface area contributed by atoms with Gasteiger partial charge in [0.1, 0.15) is 5.41 Å². The summed E-state index contributed by atoms with van der Waals surface area (Å²) >= 11 is 0. The van der Waals surface area contributed by atoms with Crippen LogP contribution in [0.5, 0.6) is 0 Å². The van der Waals surface area contributed by atoms with Gasteiger partial charge in [-0.2, -0.15) is 0 Å². The van der Waals surface area contributed by atoms with Gasteiger partial charge in [-0.1, -0.05) is 134 Å². The summed E-state index contributed by atoms with van der Waals surface area (Å²) in [5, 5.41) is 0. The van der Waals surface area contributed by atoms with Gasteiger partial charge in [-0.15, -0.1) is 90.1 Å². The maximum atomic E-state index is 6.14. The van der Waals surface area contributed by atoms with E-state index in [0.29, 0.717) is 70.6 Å². The summed E-state index contributed by atoms with van der Waals surface area (Å²) in [7, 11) is 0. The number of hydrogen-bond acceptors (Lipinski definition) is 0. The maximum Gasteiger partial charge on any atom is 0.122 e. The van der Waals surface area contributed by atoms with Crippen molar-refractivity contribution in [1.29, 1.82) is 0 Å². The molecule has 65 heavy (non-hydrogen) atoms. The first-order valence-corrected chi connectivity index (χ1v) is 24.7. The van der Waals surface area contributed by atoms with Gasteiger partial charge < -0.3 is 0 Å². The van der Waals surface area contributed by atoms with Crippen LogP contribution in [-0.2, 0) is 0 Å². The fourth-order valence-corrected chi connectivity index (χ4v) is 7.55. The van der Waals surface area contributed by atoms with E-state index in [1.807, 2.05) is 6.92 Å². The zero-order valence-corrected chi connectivity index (χ0v) is 42.4. The predicted molar refractivity (Wildman–Crippen MR) is 283 cm³/mol. The zero-order chi connectivity index (χ0) is 48.4. The first-order valence-electron chi connectivity index (χ1n) is 24.7. The second kappa shape index (κ2) is 37.6. The summed E-state index contributed by atoms with van der Waals surface area (Å²) in [5.41, 5.74) is 0.188. The Hall–Kier alpha value is -5.76. The molecule has 4 unspecified atom stereocenters. The van der Waals surface area contributed by atoms with Crippen molar-refractivity contribution in [3.05, 3.63) is 17.4 Å². The van der Waals surface area contributed by atoms with Crippen molar-refractivity contribution >= 4 is 0 Å².